The van der Waals surface area contributed by atoms with Crippen molar-refractivity contribution in [3.63, 3.8) is 0 Å². The van der Waals surface area contributed by atoms with Gasteiger partial charge in [-0.1, -0.05) is 66.2 Å². The SMILES string of the molecule is CCOC(=O)N1CCc2c(sc(N=Cc3ccccc3Cl)c2C(=O)Nc2cccc3ccccc23)C1. The van der Waals surface area contributed by atoms with E-state index >= 15 is 0 Å². The number of anilines is 1. The molecule has 0 unspecified atom stereocenters. The Balaban J connectivity index is 1.52. The number of ether oxygens (including phenoxy) is 1. The van der Waals surface area contributed by atoms with Crippen LogP contribution in [-0.4, -0.2) is 36.3 Å². The molecule has 0 saturated carbocycles. The zero-order chi connectivity index (χ0) is 25.1. The highest BCUT2D eigenvalue weighted by Gasteiger charge is 2.30. The van der Waals surface area contributed by atoms with Crippen molar-refractivity contribution < 1.29 is 14.3 Å². The van der Waals surface area contributed by atoms with E-state index < -0.39 is 0 Å². The summed E-state index contributed by atoms with van der Waals surface area (Å²) in [6.07, 6.45) is 1.88. The van der Waals surface area contributed by atoms with E-state index in [1.807, 2.05) is 60.7 Å². The molecule has 2 amide bonds. The van der Waals surface area contributed by atoms with Crippen LogP contribution >= 0.6 is 22.9 Å². The lowest BCUT2D eigenvalue weighted by atomic mass is 10.0. The highest BCUT2D eigenvalue weighted by molar-refractivity contribution is 7.16. The van der Waals surface area contributed by atoms with E-state index in [0.29, 0.717) is 41.7 Å². The smallest absolute Gasteiger partial charge is 0.410 e. The number of carbonyl (C=O) groups is 2. The Kier molecular flexibility index (Phi) is 7.02. The Bertz CT molecular complexity index is 1470. The number of benzene rings is 3. The van der Waals surface area contributed by atoms with E-state index in [2.05, 4.69) is 10.3 Å². The van der Waals surface area contributed by atoms with Crippen molar-refractivity contribution in [2.24, 2.45) is 4.99 Å². The van der Waals surface area contributed by atoms with E-state index in [1.54, 1.807) is 24.1 Å². The van der Waals surface area contributed by atoms with Crippen molar-refractivity contribution in [1.29, 1.82) is 0 Å². The fourth-order valence-corrected chi connectivity index (χ4v) is 5.70. The van der Waals surface area contributed by atoms with Crippen molar-refractivity contribution in [3.8, 4) is 0 Å². The number of amides is 2. The first-order chi connectivity index (χ1) is 17.5. The summed E-state index contributed by atoms with van der Waals surface area (Å²) >= 11 is 7.73. The van der Waals surface area contributed by atoms with Gasteiger partial charge < -0.3 is 15.0 Å². The maximum absolute atomic E-state index is 13.7. The quantitative estimate of drug-likeness (QED) is 0.288. The lowest BCUT2D eigenvalue weighted by Crippen LogP contribution is -2.36. The Morgan fingerprint density at radius 3 is 2.72 bits per heavy atom. The first-order valence-electron chi connectivity index (χ1n) is 11.7. The topological polar surface area (TPSA) is 71.0 Å². The molecule has 1 aliphatic rings. The van der Waals surface area contributed by atoms with Gasteiger partial charge in [-0.2, -0.15) is 0 Å². The largest absolute Gasteiger partial charge is 0.450 e. The van der Waals surface area contributed by atoms with E-state index in [1.165, 1.54) is 11.3 Å². The molecule has 8 heteroatoms. The van der Waals surface area contributed by atoms with Crippen LogP contribution in [0, 0.1) is 0 Å². The predicted molar refractivity (Wildman–Crippen MR) is 146 cm³/mol. The number of aliphatic imine (C=N–C) groups is 1. The number of rotatable bonds is 5. The van der Waals surface area contributed by atoms with Crippen LogP contribution in [-0.2, 0) is 17.7 Å². The zero-order valence-electron chi connectivity index (χ0n) is 19.7. The van der Waals surface area contributed by atoms with Crippen LogP contribution in [0.1, 0.15) is 33.3 Å². The molecule has 5 rings (SSSR count). The molecule has 1 N–H and O–H groups in total. The second-order valence-corrected chi connectivity index (χ2v) is 9.81. The molecule has 3 aromatic carbocycles. The third-order valence-corrected chi connectivity index (χ3v) is 7.52. The predicted octanol–water partition coefficient (Wildman–Crippen LogP) is 7.07. The van der Waals surface area contributed by atoms with Gasteiger partial charge in [0, 0.05) is 39.3 Å². The number of carbonyl (C=O) groups excluding carboxylic acids is 2. The number of hydrogen-bond acceptors (Lipinski definition) is 5. The molecule has 36 heavy (non-hydrogen) atoms. The molecule has 0 saturated heterocycles. The molecule has 0 fully saturated rings. The third kappa shape index (κ3) is 4.85. The van der Waals surface area contributed by atoms with Gasteiger partial charge in [-0.05, 0) is 36.4 Å². The molecular weight excluding hydrogens is 494 g/mol. The van der Waals surface area contributed by atoms with E-state index in [-0.39, 0.29) is 12.0 Å². The molecule has 0 bridgehead atoms. The van der Waals surface area contributed by atoms with Gasteiger partial charge >= 0.3 is 6.09 Å². The molecule has 4 aromatic rings. The summed E-state index contributed by atoms with van der Waals surface area (Å²) in [4.78, 5) is 33.3. The molecule has 0 spiro atoms. The molecule has 0 atom stereocenters. The van der Waals surface area contributed by atoms with E-state index in [4.69, 9.17) is 16.3 Å². The van der Waals surface area contributed by atoms with Crippen LogP contribution in [0.3, 0.4) is 0 Å². The summed E-state index contributed by atoms with van der Waals surface area (Å²) in [5.41, 5.74) is 2.96. The maximum atomic E-state index is 13.7. The maximum Gasteiger partial charge on any atom is 0.410 e. The lowest BCUT2D eigenvalue weighted by molar-refractivity contribution is 0.102. The minimum Gasteiger partial charge on any atom is -0.450 e. The normalized spacial score (nSPS) is 13.1. The summed E-state index contributed by atoms with van der Waals surface area (Å²) in [7, 11) is 0. The number of hydrogen-bond donors (Lipinski definition) is 1. The lowest BCUT2D eigenvalue weighted by Gasteiger charge is -2.26. The zero-order valence-corrected chi connectivity index (χ0v) is 21.2. The fourth-order valence-electron chi connectivity index (χ4n) is 4.31. The van der Waals surface area contributed by atoms with Gasteiger partial charge in [0.1, 0.15) is 5.00 Å². The van der Waals surface area contributed by atoms with Crippen LogP contribution in [0.25, 0.3) is 10.8 Å². The van der Waals surface area contributed by atoms with Gasteiger partial charge in [0.05, 0.1) is 18.7 Å². The van der Waals surface area contributed by atoms with Crippen molar-refractivity contribution in [1.82, 2.24) is 4.90 Å². The van der Waals surface area contributed by atoms with Gasteiger partial charge in [-0.3, -0.25) is 4.79 Å². The highest BCUT2D eigenvalue weighted by atomic mass is 35.5. The van der Waals surface area contributed by atoms with E-state index in [0.717, 1.165) is 32.5 Å². The van der Waals surface area contributed by atoms with Gasteiger partial charge in [0.2, 0.25) is 0 Å². The molecule has 1 aromatic heterocycles. The summed E-state index contributed by atoms with van der Waals surface area (Å²) in [5.74, 6) is -0.222. The molecule has 0 aliphatic carbocycles. The van der Waals surface area contributed by atoms with Crippen molar-refractivity contribution >= 4 is 62.6 Å². The van der Waals surface area contributed by atoms with Gasteiger partial charge in [0.15, 0.2) is 0 Å². The molecule has 182 valence electrons. The molecule has 6 nitrogen and oxygen atoms in total. The number of halogens is 1. The number of nitrogens with one attached hydrogen (secondary N) is 1. The van der Waals surface area contributed by atoms with E-state index in [9.17, 15) is 9.59 Å². The summed E-state index contributed by atoms with van der Waals surface area (Å²) in [6, 6.07) is 21.2. The first kappa shape index (κ1) is 24.0. The van der Waals surface area contributed by atoms with Crippen LogP contribution in [0.15, 0.2) is 71.7 Å². The Morgan fingerprint density at radius 2 is 1.89 bits per heavy atom. The standard InChI is InChI=1S/C28H24ClN3O3S/c1-2-35-28(34)32-15-14-21-24(17-32)36-27(30-16-19-9-4-6-12-22(19)29)25(21)26(33)31-23-13-7-10-18-8-3-5-11-20(18)23/h3-13,16H,2,14-15,17H2,1H3,(H,31,33). The second-order valence-electron chi connectivity index (χ2n) is 8.31. The van der Waals surface area contributed by atoms with Crippen molar-refractivity contribution in [3.05, 3.63) is 93.3 Å². The molecule has 2 heterocycles. The van der Waals surface area contributed by atoms with Crippen LogP contribution < -0.4 is 5.32 Å². The Hall–Kier alpha value is -3.68. The monoisotopic (exact) mass is 517 g/mol. The summed E-state index contributed by atoms with van der Waals surface area (Å²) < 4.78 is 5.19. The number of fused-ring (bicyclic) bond motifs is 2. The fraction of sp³-hybridized carbons (Fsp3) is 0.179. The first-order valence-corrected chi connectivity index (χ1v) is 12.9. The average Bonchev–Trinajstić information content (AvgIpc) is 3.26. The summed E-state index contributed by atoms with van der Waals surface area (Å²) in [6.45, 7) is 2.97. The van der Waals surface area contributed by atoms with Crippen LogP contribution in [0.5, 0.6) is 0 Å². The second kappa shape index (κ2) is 10.5. The average molecular weight is 518 g/mol. The van der Waals surface area contributed by atoms with Gasteiger partial charge in [-0.15, -0.1) is 11.3 Å². The van der Waals surface area contributed by atoms with Crippen LogP contribution in [0.2, 0.25) is 5.02 Å². The van der Waals surface area contributed by atoms with Gasteiger partial charge in [-0.25, -0.2) is 9.79 Å². The molecule has 0 radical (unpaired) electrons. The molecular formula is C28H24ClN3O3S. The minimum atomic E-state index is -0.348. The summed E-state index contributed by atoms with van der Waals surface area (Å²) in [5, 5.41) is 6.28. The van der Waals surface area contributed by atoms with Crippen molar-refractivity contribution in [2.75, 3.05) is 18.5 Å². The Labute approximate surface area is 218 Å². The third-order valence-electron chi connectivity index (χ3n) is 6.06. The van der Waals surface area contributed by atoms with Gasteiger partial charge in [0.25, 0.3) is 5.91 Å². The highest BCUT2D eigenvalue weighted by Crippen LogP contribution is 2.40. The van der Waals surface area contributed by atoms with Crippen molar-refractivity contribution in [2.45, 2.75) is 19.9 Å². The molecule has 1 aliphatic heterocycles. The number of thiophene rings is 1. The number of nitrogens with zero attached hydrogens (tertiary/aromatic N) is 2. The van der Waals surface area contributed by atoms with Crippen LogP contribution in [0.4, 0.5) is 15.5 Å². The Morgan fingerprint density at radius 1 is 1.11 bits per heavy atom. The minimum absolute atomic E-state index is 0.222.